The van der Waals surface area contributed by atoms with Crippen LogP contribution in [0.25, 0.3) is 11.3 Å². The second kappa shape index (κ2) is 26.5. The highest BCUT2D eigenvalue weighted by atomic mass is 19.1. The number of esters is 2. The lowest BCUT2D eigenvalue weighted by molar-refractivity contribution is -0.171. The Bertz CT molecular complexity index is 2510. The van der Waals surface area contributed by atoms with E-state index >= 15 is 0 Å². The summed E-state index contributed by atoms with van der Waals surface area (Å²) in [4.78, 5) is 97.7. The van der Waals surface area contributed by atoms with Gasteiger partial charge in [-0.1, -0.05) is 112 Å². The van der Waals surface area contributed by atoms with Gasteiger partial charge in [0.2, 0.25) is 12.3 Å². The molecule has 4 aromatic carbocycles. The normalized spacial score (nSPS) is 12.1. The predicted octanol–water partition coefficient (Wildman–Crippen LogP) is 7.78. The van der Waals surface area contributed by atoms with Crippen LogP contribution < -0.4 is 20.7 Å². The number of nitrogens with zero attached hydrogens (tertiary/aromatic N) is 1. The maximum Gasteiger partial charge on any atom is 0.366 e. The van der Waals surface area contributed by atoms with Crippen LogP contribution >= 0.6 is 0 Å². The number of amides is 4. The highest BCUT2D eigenvalue weighted by Crippen LogP contribution is 2.30. The molecule has 0 radical (unpaired) electrons. The van der Waals surface area contributed by atoms with Gasteiger partial charge in [-0.25, -0.2) is 14.0 Å². The van der Waals surface area contributed by atoms with Crippen molar-refractivity contribution in [1.82, 2.24) is 21.0 Å². The number of hydrogen-bond donors (Lipinski definition) is 3. The molecular formula is C52H57FN4O12. The van der Waals surface area contributed by atoms with Crippen molar-refractivity contribution in [2.45, 2.75) is 91.5 Å². The second-order valence-corrected chi connectivity index (χ2v) is 15.9. The lowest BCUT2D eigenvalue weighted by Gasteiger charge is -2.32. The highest BCUT2D eigenvalue weighted by molar-refractivity contribution is 6.00. The molecule has 4 amide bonds. The molecular weight excluding hydrogens is 892 g/mol. The van der Waals surface area contributed by atoms with Gasteiger partial charge in [0.05, 0.1) is 37.2 Å². The Morgan fingerprint density at radius 1 is 0.783 bits per heavy atom. The number of benzene rings is 4. The van der Waals surface area contributed by atoms with Crippen LogP contribution in [0.4, 0.5) is 4.39 Å². The molecule has 0 saturated heterocycles. The Morgan fingerprint density at radius 2 is 1.48 bits per heavy atom. The molecule has 0 bridgehead atoms. The smallest absolute Gasteiger partial charge is 0.366 e. The third-order valence-electron chi connectivity index (χ3n) is 11.0. The van der Waals surface area contributed by atoms with Crippen molar-refractivity contribution in [3.63, 3.8) is 0 Å². The molecule has 0 fully saturated rings. The van der Waals surface area contributed by atoms with Crippen molar-refractivity contribution in [3.8, 4) is 17.1 Å². The molecule has 17 heteroatoms. The average Bonchev–Trinajstić information content (AvgIpc) is 3.86. The lowest BCUT2D eigenvalue weighted by atomic mass is 9.90. The van der Waals surface area contributed by atoms with Crippen molar-refractivity contribution in [2.75, 3.05) is 13.3 Å². The fourth-order valence-corrected chi connectivity index (χ4v) is 7.36. The number of carbonyl (C=O) groups is 7. The van der Waals surface area contributed by atoms with E-state index < -0.39 is 65.9 Å². The summed E-state index contributed by atoms with van der Waals surface area (Å²) in [5.41, 5.74) is 1.89. The van der Waals surface area contributed by atoms with Gasteiger partial charge in [0.1, 0.15) is 42.1 Å². The number of aryl methyl sites for hydroxylation is 1. The topological polar surface area (TPSA) is 209 Å². The molecule has 1 aromatic heterocycles. The van der Waals surface area contributed by atoms with E-state index in [-0.39, 0.29) is 67.7 Å². The van der Waals surface area contributed by atoms with Crippen molar-refractivity contribution in [3.05, 3.63) is 149 Å². The summed E-state index contributed by atoms with van der Waals surface area (Å²) in [7, 11) is 0. The first-order valence-electron chi connectivity index (χ1n) is 22.7. The van der Waals surface area contributed by atoms with E-state index in [9.17, 15) is 38.0 Å². The minimum absolute atomic E-state index is 0.0345. The zero-order valence-corrected chi connectivity index (χ0v) is 39.0. The van der Waals surface area contributed by atoms with E-state index in [0.29, 0.717) is 29.5 Å². The number of rotatable bonds is 26. The summed E-state index contributed by atoms with van der Waals surface area (Å²) in [5.74, 6) is -6.03. The van der Waals surface area contributed by atoms with Crippen LogP contribution in [0.3, 0.4) is 0 Å². The Hall–Kier alpha value is -7.82. The van der Waals surface area contributed by atoms with Crippen LogP contribution in [0.1, 0.15) is 107 Å². The minimum atomic E-state index is -1.42. The van der Waals surface area contributed by atoms with Crippen LogP contribution in [0.2, 0.25) is 0 Å². The first-order valence-corrected chi connectivity index (χ1v) is 22.7. The third-order valence-corrected chi connectivity index (χ3v) is 11.0. The zero-order valence-electron chi connectivity index (χ0n) is 39.0. The number of carbonyl (C=O) groups excluding carboxylic acids is 7. The van der Waals surface area contributed by atoms with Crippen LogP contribution in [-0.4, -0.2) is 72.5 Å². The standard InChI is InChI=1S/C52H57FN4O12/c1-5-8-11-22-38(42(6-2)57(33-58)69-52(64)47-34(4)17-16-23-40(47)53)48(60)54-32-55-50(62)44-27-26-43(68-44)37-24-25-39(45(28-37)65-7-3)49(61)56-41(51(63)67-31-36-20-14-10-15-21-36)29-46(59)66-30-35-18-12-9-13-19-35/h9-10,12-21,23-28,33,38,41-42H,5-8,11,22,29-32H2,1-4H3,(H,54,60)(H,55,62)(H,56,61)/t38?,41?,42-/m1/s1. The number of hydroxylamine groups is 2. The monoisotopic (exact) mass is 948 g/mol. The van der Waals surface area contributed by atoms with Gasteiger partial charge >= 0.3 is 17.9 Å². The quantitative estimate of drug-likeness (QED) is 0.0160. The van der Waals surface area contributed by atoms with Crippen molar-refractivity contribution >= 4 is 42.0 Å². The van der Waals surface area contributed by atoms with Crippen molar-refractivity contribution < 1.29 is 61.4 Å². The third kappa shape index (κ3) is 15.1. The first-order chi connectivity index (χ1) is 33.4. The molecule has 3 N–H and O–H groups in total. The van der Waals surface area contributed by atoms with Crippen molar-refractivity contribution in [1.29, 1.82) is 0 Å². The van der Waals surface area contributed by atoms with Crippen LogP contribution in [-0.2, 0) is 46.7 Å². The largest absolute Gasteiger partial charge is 0.493 e. The van der Waals surface area contributed by atoms with E-state index in [2.05, 4.69) is 16.0 Å². The molecule has 16 nitrogen and oxygen atoms in total. The van der Waals surface area contributed by atoms with E-state index in [4.69, 9.17) is 23.5 Å². The summed E-state index contributed by atoms with van der Waals surface area (Å²) in [5, 5.41) is 8.62. The SMILES string of the molecule is CCCCCC(C(=O)NCNC(=O)c1ccc(-c2ccc(C(=O)NC(CC(=O)OCc3ccccc3)C(=O)OCc3ccccc3)c(OCC)c2)o1)[C@@H](CC)N(C=O)OC(=O)c1c(C)cccc1F. The molecule has 0 spiro atoms. The number of hydrogen-bond acceptors (Lipinski definition) is 12. The van der Waals surface area contributed by atoms with Gasteiger partial charge in [0, 0.05) is 5.56 Å². The zero-order chi connectivity index (χ0) is 49.7. The molecule has 0 aliphatic heterocycles. The van der Waals surface area contributed by atoms with Crippen LogP contribution in [0.15, 0.2) is 114 Å². The second-order valence-electron chi connectivity index (χ2n) is 15.9. The maximum absolute atomic E-state index is 14.6. The Labute approximate surface area is 399 Å². The summed E-state index contributed by atoms with van der Waals surface area (Å²) in [6.07, 6.45) is 2.56. The molecule has 69 heavy (non-hydrogen) atoms. The fraction of sp³-hybridized carbons (Fsp3) is 0.327. The van der Waals surface area contributed by atoms with Crippen LogP contribution in [0.5, 0.6) is 5.75 Å². The first kappa shape index (κ1) is 52.2. The van der Waals surface area contributed by atoms with Crippen molar-refractivity contribution in [2.24, 2.45) is 5.92 Å². The van der Waals surface area contributed by atoms with Gasteiger partial charge in [-0.3, -0.25) is 24.0 Å². The maximum atomic E-state index is 14.6. The number of furan rings is 1. The van der Waals surface area contributed by atoms with Gasteiger partial charge in [-0.05, 0) is 73.7 Å². The molecule has 1 heterocycles. The number of nitrogens with one attached hydrogen (secondary N) is 3. The van der Waals surface area contributed by atoms with E-state index in [1.165, 1.54) is 43.3 Å². The molecule has 3 atom stereocenters. The summed E-state index contributed by atoms with van der Waals surface area (Å²) in [6, 6.07) is 27.1. The van der Waals surface area contributed by atoms with E-state index in [0.717, 1.165) is 29.5 Å². The molecule has 0 aliphatic carbocycles. The summed E-state index contributed by atoms with van der Waals surface area (Å²) < 4.78 is 37.2. The molecule has 0 aliphatic rings. The van der Waals surface area contributed by atoms with Gasteiger partial charge in [-0.15, -0.1) is 0 Å². The van der Waals surface area contributed by atoms with E-state index in [1.54, 1.807) is 68.4 Å². The molecule has 2 unspecified atom stereocenters. The summed E-state index contributed by atoms with van der Waals surface area (Å²) >= 11 is 0. The highest BCUT2D eigenvalue weighted by Gasteiger charge is 2.34. The lowest BCUT2D eigenvalue weighted by Crippen LogP contribution is -2.49. The molecule has 5 aromatic rings. The van der Waals surface area contributed by atoms with Gasteiger partial charge in [0.25, 0.3) is 11.8 Å². The van der Waals surface area contributed by atoms with Gasteiger partial charge in [-0.2, -0.15) is 5.06 Å². The fourth-order valence-electron chi connectivity index (χ4n) is 7.36. The Morgan fingerprint density at radius 3 is 2.12 bits per heavy atom. The molecule has 5 rings (SSSR count). The number of halogens is 1. The van der Waals surface area contributed by atoms with E-state index in [1.807, 2.05) is 19.1 Å². The van der Waals surface area contributed by atoms with Gasteiger partial charge in [0.15, 0.2) is 5.76 Å². The van der Waals surface area contributed by atoms with Crippen LogP contribution in [0, 0.1) is 18.7 Å². The number of ether oxygens (including phenoxy) is 3. The molecule has 364 valence electrons. The van der Waals surface area contributed by atoms with Gasteiger partial charge < -0.3 is 39.4 Å². The number of unbranched alkanes of at least 4 members (excludes halogenated alkanes) is 2. The molecule has 0 saturated carbocycles. The minimum Gasteiger partial charge on any atom is -0.493 e. The summed E-state index contributed by atoms with van der Waals surface area (Å²) in [6.45, 7) is 6.66. The Kier molecular flexibility index (Phi) is 20.0. The predicted molar refractivity (Wildman–Crippen MR) is 250 cm³/mol. The average molecular weight is 949 g/mol. The Balaban J connectivity index is 1.24.